The molecule has 0 aromatic heterocycles. The summed E-state index contributed by atoms with van der Waals surface area (Å²) in [6.45, 7) is 3.42. The second-order valence-corrected chi connectivity index (χ2v) is 5.45. The summed E-state index contributed by atoms with van der Waals surface area (Å²) >= 11 is 0. The van der Waals surface area contributed by atoms with Crippen molar-refractivity contribution in [1.82, 2.24) is 4.90 Å². The number of piperidine rings is 1. The van der Waals surface area contributed by atoms with Crippen LogP contribution in [-0.2, 0) is 4.79 Å². The van der Waals surface area contributed by atoms with Crippen LogP contribution in [0.3, 0.4) is 0 Å². The molecule has 1 fully saturated rings. The van der Waals surface area contributed by atoms with Crippen LogP contribution in [0.5, 0.6) is 0 Å². The summed E-state index contributed by atoms with van der Waals surface area (Å²) in [6.07, 6.45) is 1.90. The summed E-state index contributed by atoms with van der Waals surface area (Å²) in [5, 5.41) is 2.56. The standard InChI is InChI=1S/C15H20F2N4O/c1-10(22)21-6-2-3-11(9-21)8-19-15(18)20-14-7-12(16)4-5-13(14)17/h4-5,7,11H,2-3,6,8-9H2,1H3,(H3,18,19,20). The van der Waals surface area contributed by atoms with Crippen molar-refractivity contribution in [3.05, 3.63) is 29.8 Å². The molecule has 3 N–H and O–H groups in total. The molecule has 0 spiro atoms. The lowest BCUT2D eigenvalue weighted by atomic mass is 9.98. The van der Waals surface area contributed by atoms with Gasteiger partial charge in [0.1, 0.15) is 11.6 Å². The lowest BCUT2D eigenvalue weighted by Gasteiger charge is -2.31. The van der Waals surface area contributed by atoms with E-state index in [9.17, 15) is 13.6 Å². The lowest BCUT2D eigenvalue weighted by molar-refractivity contribution is -0.130. The van der Waals surface area contributed by atoms with Gasteiger partial charge < -0.3 is 16.0 Å². The predicted molar refractivity (Wildman–Crippen MR) is 81.4 cm³/mol. The van der Waals surface area contributed by atoms with E-state index in [1.165, 1.54) is 0 Å². The van der Waals surface area contributed by atoms with Crippen LogP contribution < -0.4 is 11.1 Å². The Bertz CT molecular complexity index is 577. The number of aliphatic imine (C=N–C) groups is 1. The number of hydrogen-bond donors (Lipinski definition) is 2. The minimum Gasteiger partial charge on any atom is -0.370 e. The molecule has 1 atom stereocenters. The highest BCUT2D eigenvalue weighted by Gasteiger charge is 2.21. The van der Waals surface area contributed by atoms with Crippen molar-refractivity contribution in [2.24, 2.45) is 16.6 Å². The number of hydrogen-bond acceptors (Lipinski definition) is 2. The number of nitrogens with zero attached hydrogens (tertiary/aromatic N) is 2. The molecule has 0 saturated carbocycles. The first kappa shape index (κ1) is 16.2. The predicted octanol–water partition coefficient (Wildman–Crippen LogP) is 1.95. The Morgan fingerprint density at radius 2 is 2.27 bits per heavy atom. The van der Waals surface area contributed by atoms with Crippen LogP contribution in [-0.4, -0.2) is 36.4 Å². The van der Waals surface area contributed by atoms with Gasteiger partial charge in [-0.25, -0.2) is 8.78 Å². The molecular weight excluding hydrogens is 290 g/mol. The highest BCUT2D eigenvalue weighted by molar-refractivity contribution is 5.92. The summed E-state index contributed by atoms with van der Waals surface area (Å²) in [4.78, 5) is 17.3. The van der Waals surface area contributed by atoms with E-state index >= 15 is 0 Å². The number of nitrogens with one attached hydrogen (secondary N) is 1. The summed E-state index contributed by atoms with van der Waals surface area (Å²) in [6, 6.07) is 3.08. The average Bonchev–Trinajstić information content (AvgIpc) is 2.49. The van der Waals surface area contributed by atoms with E-state index in [-0.39, 0.29) is 23.5 Å². The van der Waals surface area contributed by atoms with Crippen LogP contribution in [0.1, 0.15) is 19.8 Å². The van der Waals surface area contributed by atoms with E-state index in [1.54, 1.807) is 11.8 Å². The van der Waals surface area contributed by atoms with Crippen molar-refractivity contribution in [3.8, 4) is 0 Å². The number of amides is 1. The van der Waals surface area contributed by atoms with Gasteiger partial charge in [0.15, 0.2) is 5.96 Å². The molecule has 1 aromatic carbocycles. The highest BCUT2D eigenvalue weighted by Crippen LogP contribution is 2.17. The maximum Gasteiger partial charge on any atom is 0.219 e. The van der Waals surface area contributed by atoms with Gasteiger partial charge >= 0.3 is 0 Å². The average molecular weight is 310 g/mol. The third-order valence-electron chi connectivity index (χ3n) is 3.68. The molecule has 120 valence electrons. The molecular formula is C15H20F2N4O. The normalized spacial score (nSPS) is 19.1. The number of carbonyl (C=O) groups excluding carboxylic acids is 1. The molecule has 5 nitrogen and oxygen atoms in total. The van der Waals surface area contributed by atoms with Crippen LogP contribution in [0.4, 0.5) is 14.5 Å². The van der Waals surface area contributed by atoms with Gasteiger partial charge in [0, 0.05) is 32.6 Å². The number of anilines is 1. The second-order valence-electron chi connectivity index (χ2n) is 5.45. The third-order valence-corrected chi connectivity index (χ3v) is 3.68. The van der Waals surface area contributed by atoms with E-state index < -0.39 is 11.6 Å². The van der Waals surface area contributed by atoms with E-state index in [1.807, 2.05) is 0 Å². The first-order valence-electron chi connectivity index (χ1n) is 7.23. The first-order valence-corrected chi connectivity index (χ1v) is 7.23. The molecule has 1 unspecified atom stereocenters. The van der Waals surface area contributed by atoms with E-state index in [2.05, 4.69) is 10.3 Å². The fraction of sp³-hybridized carbons (Fsp3) is 0.467. The fourth-order valence-corrected chi connectivity index (χ4v) is 2.50. The summed E-state index contributed by atoms with van der Waals surface area (Å²) < 4.78 is 26.5. The number of guanidine groups is 1. The lowest BCUT2D eigenvalue weighted by Crippen LogP contribution is -2.39. The first-order chi connectivity index (χ1) is 10.5. The van der Waals surface area contributed by atoms with Crippen molar-refractivity contribution in [2.45, 2.75) is 19.8 Å². The Balaban J connectivity index is 1.92. The Morgan fingerprint density at radius 3 is 3.00 bits per heavy atom. The van der Waals surface area contributed by atoms with Gasteiger partial charge in [-0.15, -0.1) is 0 Å². The van der Waals surface area contributed by atoms with Crippen LogP contribution in [0, 0.1) is 17.6 Å². The van der Waals surface area contributed by atoms with Gasteiger partial charge in [-0.2, -0.15) is 0 Å². The molecule has 1 aliphatic rings. The molecule has 1 heterocycles. The summed E-state index contributed by atoms with van der Waals surface area (Å²) in [5.41, 5.74) is 5.66. The Hall–Kier alpha value is -2.18. The molecule has 0 aliphatic carbocycles. The fourth-order valence-electron chi connectivity index (χ4n) is 2.50. The van der Waals surface area contributed by atoms with Gasteiger partial charge in [0.05, 0.1) is 5.69 Å². The molecule has 1 aromatic rings. The SMILES string of the molecule is CC(=O)N1CCCC(CN=C(N)Nc2cc(F)ccc2F)C1. The topological polar surface area (TPSA) is 70.7 Å². The molecule has 0 bridgehead atoms. The summed E-state index contributed by atoms with van der Waals surface area (Å²) in [7, 11) is 0. The van der Waals surface area contributed by atoms with Crippen molar-refractivity contribution < 1.29 is 13.6 Å². The number of benzene rings is 1. The summed E-state index contributed by atoms with van der Waals surface area (Å²) in [5.74, 6) is -0.831. The Kier molecular flexibility index (Phi) is 5.30. The zero-order valence-electron chi connectivity index (χ0n) is 12.5. The molecule has 22 heavy (non-hydrogen) atoms. The van der Waals surface area contributed by atoms with Crippen LogP contribution >= 0.6 is 0 Å². The van der Waals surface area contributed by atoms with E-state index in [0.717, 1.165) is 37.6 Å². The van der Waals surface area contributed by atoms with Gasteiger partial charge in [0.25, 0.3) is 0 Å². The minimum atomic E-state index is -0.597. The maximum atomic E-state index is 13.5. The van der Waals surface area contributed by atoms with Crippen molar-refractivity contribution in [2.75, 3.05) is 25.0 Å². The van der Waals surface area contributed by atoms with Crippen LogP contribution in [0.25, 0.3) is 0 Å². The monoisotopic (exact) mass is 310 g/mol. The minimum absolute atomic E-state index is 0.0319. The highest BCUT2D eigenvalue weighted by atomic mass is 19.1. The molecule has 1 saturated heterocycles. The molecule has 2 rings (SSSR count). The Labute approximate surface area is 128 Å². The quantitative estimate of drug-likeness (QED) is 0.662. The Morgan fingerprint density at radius 1 is 1.50 bits per heavy atom. The molecule has 7 heteroatoms. The van der Waals surface area contributed by atoms with Gasteiger partial charge in [0.2, 0.25) is 5.91 Å². The van der Waals surface area contributed by atoms with Crippen LogP contribution in [0.2, 0.25) is 0 Å². The van der Waals surface area contributed by atoms with Gasteiger partial charge in [-0.3, -0.25) is 9.79 Å². The largest absolute Gasteiger partial charge is 0.370 e. The molecule has 0 radical (unpaired) electrons. The molecule has 1 aliphatic heterocycles. The number of halogens is 2. The molecule has 1 amide bonds. The number of carbonyl (C=O) groups is 1. The van der Waals surface area contributed by atoms with E-state index in [0.29, 0.717) is 13.1 Å². The maximum absolute atomic E-state index is 13.5. The number of likely N-dealkylation sites (tertiary alicyclic amines) is 1. The third kappa shape index (κ3) is 4.41. The van der Waals surface area contributed by atoms with E-state index in [4.69, 9.17) is 5.73 Å². The smallest absolute Gasteiger partial charge is 0.219 e. The van der Waals surface area contributed by atoms with Gasteiger partial charge in [-0.1, -0.05) is 0 Å². The second kappa shape index (κ2) is 7.20. The van der Waals surface area contributed by atoms with Crippen molar-refractivity contribution >= 4 is 17.6 Å². The number of nitrogens with two attached hydrogens (primary N) is 1. The van der Waals surface area contributed by atoms with Crippen molar-refractivity contribution in [3.63, 3.8) is 0 Å². The van der Waals surface area contributed by atoms with Crippen molar-refractivity contribution in [1.29, 1.82) is 0 Å². The van der Waals surface area contributed by atoms with Crippen LogP contribution in [0.15, 0.2) is 23.2 Å². The van der Waals surface area contributed by atoms with Gasteiger partial charge in [-0.05, 0) is 30.9 Å². The number of rotatable bonds is 3. The zero-order valence-corrected chi connectivity index (χ0v) is 12.5. The zero-order chi connectivity index (χ0) is 16.1.